The highest BCUT2D eigenvalue weighted by Crippen LogP contribution is 2.31. The minimum atomic E-state index is -3.56. The molecule has 0 amide bonds. The van der Waals surface area contributed by atoms with Crippen molar-refractivity contribution in [3.8, 4) is 0 Å². The standard InChI is InChI=1S/C16H22N2O3S.ClH/c1-11(19)12-4-3-5-16(8-12)22(20,21)18(2)15-9-13-6-7-14(10-15)17-13;/h3-5,8,13-15,17H,6-7,9-10H2,1-2H3;1H. The molecule has 2 saturated heterocycles. The molecule has 23 heavy (non-hydrogen) atoms. The zero-order valence-corrected chi connectivity index (χ0v) is 15.0. The van der Waals surface area contributed by atoms with Crippen LogP contribution < -0.4 is 5.32 Å². The zero-order chi connectivity index (χ0) is 15.9. The molecule has 128 valence electrons. The molecular formula is C16H23ClN2O3S. The second-order valence-corrected chi connectivity index (χ2v) is 8.37. The van der Waals surface area contributed by atoms with Crippen molar-refractivity contribution in [3.05, 3.63) is 29.8 Å². The van der Waals surface area contributed by atoms with E-state index in [1.54, 1.807) is 25.2 Å². The summed E-state index contributed by atoms with van der Waals surface area (Å²) in [6.07, 6.45) is 3.99. The average molecular weight is 359 g/mol. The lowest BCUT2D eigenvalue weighted by atomic mass is 10.0. The van der Waals surface area contributed by atoms with Crippen LogP contribution in [0.15, 0.2) is 29.2 Å². The summed E-state index contributed by atoms with van der Waals surface area (Å²) in [5.74, 6) is -0.125. The topological polar surface area (TPSA) is 66.5 Å². The number of sulfonamides is 1. The Morgan fingerprint density at radius 3 is 2.39 bits per heavy atom. The SMILES string of the molecule is CC(=O)c1cccc(S(=O)(=O)N(C)C2CC3CCC(C2)N3)c1.Cl. The molecule has 0 radical (unpaired) electrons. The first-order chi connectivity index (χ1) is 10.4. The maximum absolute atomic E-state index is 12.8. The minimum absolute atomic E-state index is 0. The third-order valence-electron chi connectivity index (χ3n) is 4.88. The smallest absolute Gasteiger partial charge is 0.243 e. The van der Waals surface area contributed by atoms with Crippen LogP contribution >= 0.6 is 12.4 Å². The zero-order valence-electron chi connectivity index (χ0n) is 13.4. The van der Waals surface area contributed by atoms with Gasteiger partial charge in [0.1, 0.15) is 0 Å². The van der Waals surface area contributed by atoms with Crippen LogP contribution in [0.1, 0.15) is 43.0 Å². The van der Waals surface area contributed by atoms with Crippen molar-refractivity contribution in [3.63, 3.8) is 0 Å². The molecule has 1 aromatic rings. The van der Waals surface area contributed by atoms with Gasteiger partial charge in [0.2, 0.25) is 10.0 Å². The Morgan fingerprint density at radius 1 is 1.22 bits per heavy atom. The molecule has 0 aliphatic carbocycles. The minimum Gasteiger partial charge on any atom is -0.311 e. The van der Waals surface area contributed by atoms with Crippen molar-refractivity contribution in [1.82, 2.24) is 9.62 Å². The van der Waals surface area contributed by atoms with Gasteiger partial charge in [0.25, 0.3) is 0 Å². The molecule has 2 unspecified atom stereocenters. The van der Waals surface area contributed by atoms with Gasteiger partial charge in [-0.3, -0.25) is 4.79 Å². The van der Waals surface area contributed by atoms with Crippen LogP contribution in [0.2, 0.25) is 0 Å². The summed E-state index contributed by atoms with van der Waals surface area (Å²) in [5.41, 5.74) is 0.430. The van der Waals surface area contributed by atoms with Crippen LogP contribution in [0, 0.1) is 0 Å². The Hall–Kier alpha value is -0.950. The maximum atomic E-state index is 12.8. The van der Waals surface area contributed by atoms with Crippen molar-refractivity contribution in [2.45, 2.75) is 55.6 Å². The Labute approximate surface area is 143 Å². The van der Waals surface area contributed by atoms with Gasteiger partial charge in [0, 0.05) is 30.7 Å². The number of piperidine rings is 1. The number of carbonyl (C=O) groups excluding carboxylic acids is 1. The molecule has 2 bridgehead atoms. The molecule has 7 heteroatoms. The first kappa shape index (κ1) is 18.4. The van der Waals surface area contributed by atoms with Gasteiger partial charge < -0.3 is 5.32 Å². The summed E-state index contributed by atoms with van der Waals surface area (Å²) in [5, 5.41) is 3.52. The summed E-state index contributed by atoms with van der Waals surface area (Å²) in [6.45, 7) is 1.44. The molecule has 3 rings (SSSR count). The van der Waals surface area contributed by atoms with E-state index in [-0.39, 0.29) is 29.1 Å². The third kappa shape index (κ3) is 3.60. The lowest BCUT2D eigenvalue weighted by Gasteiger charge is -2.34. The molecule has 1 aromatic carbocycles. The van der Waals surface area contributed by atoms with Gasteiger partial charge in [-0.15, -0.1) is 12.4 Å². The lowest BCUT2D eigenvalue weighted by molar-refractivity contribution is 0.101. The number of hydrogen-bond acceptors (Lipinski definition) is 4. The molecule has 0 aromatic heterocycles. The fourth-order valence-electron chi connectivity index (χ4n) is 3.56. The summed E-state index contributed by atoms with van der Waals surface area (Å²) in [4.78, 5) is 11.7. The number of nitrogens with one attached hydrogen (secondary N) is 1. The molecule has 0 saturated carbocycles. The van der Waals surface area contributed by atoms with E-state index in [1.165, 1.54) is 17.3 Å². The van der Waals surface area contributed by atoms with Crippen molar-refractivity contribution in [1.29, 1.82) is 0 Å². The van der Waals surface area contributed by atoms with E-state index in [4.69, 9.17) is 0 Å². The average Bonchev–Trinajstić information content (AvgIpc) is 2.84. The van der Waals surface area contributed by atoms with Crippen LogP contribution in [-0.2, 0) is 10.0 Å². The molecule has 2 aliphatic heterocycles. The lowest BCUT2D eigenvalue weighted by Crippen LogP contribution is -2.48. The van der Waals surface area contributed by atoms with Crippen molar-refractivity contribution in [2.75, 3.05) is 7.05 Å². The monoisotopic (exact) mass is 358 g/mol. The van der Waals surface area contributed by atoms with Crippen molar-refractivity contribution < 1.29 is 13.2 Å². The largest absolute Gasteiger partial charge is 0.311 e. The molecule has 5 nitrogen and oxygen atoms in total. The molecule has 1 N–H and O–H groups in total. The predicted octanol–water partition coefficient (Wildman–Crippen LogP) is 2.21. The highest BCUT2D eigenvalue weighted by atomic mass is 35.5. The molecule has 2 atom stereocenters. The quantitative estimate of drug-likeness (QED) is 0.838. The highest BCUT2D eigenvalue weighted by molar-refractivity contribution is 7.89. The van der Waals surface area contributed by atoms with E-state index in [0.29, 0.717) is 17.6 Å². The molecule has 2 aliphatic rings. The van der Waals surface area contributed by atoms with Crippen molar-refractivity contribution >= 4 is 28.2 Å². The van der Waals surface area contributed by atoms with Crippen LogP contribution in [-0.4, -0.2) is 43.7 Å². The number of Topliss-reactive ketones (excluding diaryl/α,β-unsaturated/α-hetero) is 1. The Kier molecular flexibility index (Phi) is 5.51. The first-order valence-electron chi connectivity index (χ1n) is 7.73. The first-order valence-corrected chi connectivity index (χ1v) is 9.17. The Balaban J connectivity index is 0.00000192. The number of carbonyl (C=O) groups is 1. The summed E-state index contributed by atoms with van der Waals surface area (Å²) in [7, 11) is -1.90. The van der Waals surface area contributed by atoms with Crippen LogP contribution in [0.3, 0.4) is 0 Å². The fourth-order valence-corrected chi connectivity index (χ4v) is 4.99. The highest BCUT2D eigenvalue weighted by Gasteiger charge is 2.38. The van der Waals surface area contributed by atoms with Gasteiger partial charge in [-0.05, 0) is 44.7 Å². The number of ketones is 1. The Morgan fingerprint density at radius 2 is 1.83 bits per heavy atom. The van der Waals surface area contributed by atoms with Gasteiger partial charge in [-0.1, -0.05) is 12.1 Å². The van der Waals surface area contributed by atoms with E-state index >= 15 is 0 Å². The number of halogens is 1. The van der Waals surface area contributed by atoms with Gasteiger partial charge >= 0.3 is 0 Å². The van der Waals surface area contributed by atoms with E-state index in [2.05, 4.69) is 5.32 Å². The number of rotatable bonds is 4. The van der Waals surface area contributed by atoms with E-state index in [1.807, 2.05) is 0 Å². The maximum Gasteiger partial charge on any atom is 0.243 e. The van der Waals surface area contributed by atoms with Crippen LogP contribution in [0.4, 0.5) is 0 Å². The fraction of sp³-hybridized carbons (Fsp3) is 0.562. The number of hydrogen-bond donors (Lipinski definition) is 1. The molecule has 0 spiro atoms. The van der Waals surface area contributed by atoms with E-state index in [0.717, 1.165) is 25.7 Å². The van der Waals surface area contributed by atoms with Crippen LogP contribution in [0.25, 0.3) is 0 Å². The molecular weight excluding hydrogens is 336 g/mol. The summed E-state index contributed by atoms with van der Waals surface area (Å²) >= 11 is 0. The van der Waals surface area contributed by atoms with Gasteiger partial charge in [0.05, 0.1) is 4.90 Å². The van der Waals surface area contributed by atoms with E-state index in [9.17, 15) is 13.2 Å². The van der Waals surface area contributed by atoms with E-state index < -0.39 is 10.0 Å². The molecule has 2 heterocycles. The third-order valence-corrected chi connectivity index (χ3v) is 6.79. The summed E-state index contributed by atoms with van der Waals surface area (Å²) < 4.78 is 27.2. The summed E-state index contributed by atoms with van der Waals surface area (Å²) in [6, 6.07) is 7.22. The van der Waals surface area contributed by atoms with Gasteiger partial charge in [-0.2, -0.15) is 4.31 Å². The number of benzene rings is 1. The normalized spacial score (nSPS) is 26.8. The Bertz CT molecular complexity index is 680. The number of nitrogens with zero attached hydrogens (tertiary/aromatic N) is 1. The van der Waals surface area contributed by atoms with Crippen molar-refractivity contribution in [2.24, 2.45) is 0 Å². The number of fused-ring (bicyclic) bond motifs is 2. The second-order valence-electron chi connectivity index (χ2n) is 6.37. The molecule has 2 fully saturated rings. The van der Waals surface area contributed by atoms with Crippen LogP contribution in [0.5, 0.6) is 0 Å². The van der Waals surface area contributed by atoms with Gasteiger partial charge in [0.15, 0.2) is 5.78 Å². The van der Waals surface area contributed by atoms with Gasteiger partial charge in [-0.25, -0.2) is 8.42 Å². The second kappa shape index (κ2) is 6.89. The predicted molar refractivity (Wildman–Crippen MR) is 91.6 cm³/mol.